The van der Waals surface area contributed by atoms with Crippen molar-refractivity contribution in [2.24, 2.45) is 0 Å². The van der Waals surface area contributed by atoms with Crippen molar-refractivity contribution in [3.8, 4) is 11.4 Å². The molecule has 1 aromatic heterocycles. The van der Waals surface area contributed by atoms with Crippen LogP contribution in [0.25, 0.3) is 11.4 Å². The number of carbonyl (C=O) groups excluding carboxylic acids is 1. The van der Waals surface area contributed by atoms with Crippen molar-refractivity contribution in [2.45, 2.75) is 38.5 Å². The fourth-order valence-corrected chi connectivity index (χ4v) is 3.81. The fraction of sp³-hybridized carbons (Fsp3) is 0.571. The number of aryl methyl sites for hydroxylation is 1. The topological polar surface area (TPSA) is 71.7 Å². The van der Waals surface area contributed by atoms with Crippen LogP contribution in [-0.4, -0.2) is 60.3 Å². The molecular weight excluding hydrogens is 356 g/mol. The Hall–Kier alpha value is -2.41. The van der Waals surface area contributed by atoms with E-state index in [0.29, 0.717) is 50.9 Å². The minimum absolute atomic E-state index is 0.116. The molecule has 1 aromatic carbocycles. The molecular formula is C21H28N4O3. The van der Waals surface area contributed by atoms with Crippen molar-refractivity contribution in [3.63, 3.8) is 0 Å². The van der Waals surface area contributed by atoms with Crippen LogP contribution in [0.5, 0.6) is 0 Å². The zero-order valence-electron chi connectivity index (χ0n) is 16.3. The first kappa shape index (κ1) is 18.9. The Labute approximate surface area is 165 Å². The standard InChI is InChI=1S/C21H28N4O3/c26-20(25-13-15-27-16-14-25)10-9-19-22-21(23-28-19)17-5-7-18(8-6-17)24-11-3-1-2-4-12-24/h5-8H,1-4,9-16H2. The largest absolute Gasteiger partial charge is 0.378 e. The molecule has 28 heavy (non-hydrogen) atoms. The van der Waals surface area contributed by atoms with Crippen LogP contribution >= 0.6 is 0 Å². The maximum absolute atomic E-state index is 12.2. The van der Waals surface area contributed by atoms with Gasteiger partial charge in [0.2, 0.25) is 17.6 Å². The highest BCUT2D eigenvalue weighted by atomic mass is 16.5. The van der Waals surface area contributed by atoms with Crippen LogP contribution in [0.2, 0.25) is 0 Å². The highest BCUT2D eigenvalue weighted by Gasteiger charge is 2.18. The molecule has 3 heterocycles. The number of rotatable bonds is 5. The number of aromatic nitrogens is 2. The minimum Gasteiger partial charge on any atom is -0.378 e. The SMILES string of the molecule is O=C(CCc1nc(-c2ccc(N3CCCCCC3)cc2)no1)N1CCOCC1. The number of carbonyl (C=O) groups is 1. The minimum atomic E-state index is 0.116. The van der Waals surface area contributed by atoms with Gasteiger partial charge < -0.3 is 19.1 Å². The molecule has 2 aliphatic rings. The van der Waals surface area contributed by atoms with Gasteiger partial charge in [0.25, 0.3) is 0 Å². The highest BCUT2D eigenvalue weighted by molar-refractivity contribution is 5.76. The Morgan fingerprint density at radius 2 is 1.68 bits per heavy atom. The predicted molar refractivity (Wildman–Crippen MR) is 106 cm³/mol. The molecule has 0 radical (unpaired) electrons. The summed E-state index contributed by atoms with van der Waals surface area (Å²) in [4.78, 5) is 21.0. The van der Waals surface area contributed by atoms with Gasteiger partial charge in [-0.2, -0.15) is 4.98 Å². The number of hydrogen-bond acceptors (Lipinski definition) is 6. The average molecular weight is 384 g/mol. The summed E-state index contributed by atoms with van der Waals surface area (Å²) in [6.07, 6.45) is 6.03. The van der Waals surface area contributed by atoms with Crippen molar-refractivity contribution in [2.75, 3.05) is 44.3 Å². The van der Waals surface area contributed by atoms with E-state index < -0.39 is 0 Å². The second kappa shape index (κ2) is 9.19. The van der Waals surface area contributed by atoms with Gasteiger partial charge in [-0.05, 0) is 37.1 Å². The summed E-state index contributed by atoms with van der Waals surface area (Å²) >= 11 is 0. The van der Waals surface area contributed by atoms with Crippen molar-refractivity contribution >= 4 is 11.6 Å². The monoisotopic (exact) mass is 384 g/mol. The number of nitrogens with zero attached hydrogens (tertiary/aromatic N) is 4. The highest BCUT2D eigenvalue weighted by Crippen LogP contribution is 2.23. The number of anilines is 1. The third-order valence-electron chi connectivity index (χ3n) is 5.48. The molecule has 0 saturated carbocycles. The Kier molecular flexibility index (Phi) is 6.21. The predicted octanol–water partition coefficient (Wildman–Crippen LogP) is 2.91. The van der Waals surface area contributed by atoms with Crippen molar-refractivity contribution < 1.29 is 14.1 Å². The van der Waals surface area contributed by atoms with E-state index in [9.17, 15) is 4.79 Å². The van der Waals surface area contributed by atoms with Gasteiger partial charge in [-0.25, -0.2) is 0 Å². The normalized spacial score (nSPS) is 18.1. The lowest BCUT2D eigenvalue weighted by Gasteiger charge is -2.26. The van der Waals surface area contributed by atoms with Gasteiger partial charge in [-0.3, -0.25) is 4.79 Å². The molecule has 2 fully saturated rings. The van der Waals surface area contributed by atoms with E-state index in [2.05, 4.69) is 27.2 Å². The number of benzene rings is 1. The molecule has 150 valence electrons. The molecule has 1 amide bonds. The van der Waals surface area contributed by atoms with E-state index in [-0.39, 0.29) is 5.91 Å². The van der Waals surface area contributed by atoms with Crippen molar-refractivity contribution in [3.05, 3.63) is 30.2 Å². The van der Waals surface area contributed by atoms with E-state index in [1.54, 1.807) is 0 Å². The van der Waals surface area contributed by atoms with Crippen LogP contribution in [0, 0.1) is 0 Å². The lowest BCUT2D eigenvalue weighted by Crippen LogP contribution is -2.40. The second-order valence-corrected chi connectivity index (χ2v) is 7.45. The summed E-state index contributed by atoms with van der Waals surface area (Å²) in [5.41, 5.74) is 2.19. The molecule has 4 rings (SSSR count). The summed E-state index contributed by atoms with van der Waals surface area (Å²) < 4.78 is 10.6. The summed E-state index contributed by atoms with van der Waals surface area (Å²) in [6.45, 7) is 4.81. The molecule has 2 aromatic rings. The van der Waals surface area contributed by atoms with Crippen LogP contribution in [0.3, 0.4) is 0 Å². The smallest absolute Gasteiger partial charge is 0.227 e. The zero-order valence-corrected chi connectivity index (χ0v) is 16.3. The second-order valence-electron chi connectivity index (χ2n) is 7.45. The maximum atomic E-state index is 12.2. The first-order valence-corrected chi connectivity index (χ1v) is 10.3. The molecule has 2 saturated heterocycles. The quantitative estimate of drug-likeness (QED) is 0.789. The molecule has 0 atom stereocenters. The molecule has 0 unspecified atom stereocenters. The average Bonchev–Trinajstić information content (AvgIpc) is 3.06. The third kappa shape index (κ3) is 4.70. The number of ether oxygens (including phenoxy) is 1. The summed E-state index contributed by atoms with van der Waals surface area (Å²) in [5, 5.41) is 4.09. The van der Waals surface area contributed by atoms with Gasteiger partial charge in [0.05, 0.1) is 13.2 Å². The first-order valence-electron chi connectivity index (χ1n) is 10.3. The Bertz CT molecular complexity index is 760. The molecule has 0 N–H and O–H groups in total. The van der Waals surface area contributed by atoms with E-state index in [1.165, 1.54) is 31.4 Å². The van der Waals surface area contributed by atoms with E-state index in [0.717, 1.165) is 18.7 Å². The van der Waals surface area contributed by atoms with E-state index >= 15 is 0 Å². The molecule has 7 nitrogen and oxygen atoms in total. The lowest BCUT2D eigenvalue weighted by molar-refractivity contribution is -0.135. The van der Waals surface area contributed by atoms with Crippen LogP contribution in [0.4, 0.5) is 5.69 Å². The maximum Gasteiger partial charge on any atom is 0.227 e. The summed E-state index contributed by atoms with van der Waals surface area (Å²) in [5.74, 6) is 1.20. The Balaban J connectivity index is 1.33. The van der Waals surface area contributed by atoms with Crippen LogP contribution in [0.1, 0.15) is 38.0 Å². The van der Waals surface area contributed by atoms with E-state index in [4.69, 9.17) is 9.26 Å². The lowest BCUT2D eigenvalue weighted by atomic mass is 10.2. The summed E-state index contributed by atoms with van der Waals surface area (Å²) in [6, 6.07) is 8.37. The fourth-order valence-electron chi connectivity index (χ4n) is 3.81. The van der Waals surface area contributed by atoms with Crippen molar-refractivity contribution in [1.29, 1.82) is 0 Å². The number of amides is 1. The van der Waals surface area contributed by atoms with Gasteiger partial charge in [-0.1, -0.05) is 18.0 Å². The van der Waals surface area contributed by atoms with E-state index in [1.807, 2.05) is 17.0 Å². The first-order chi connectivity index (χ1) is 13.8. The van der Waals surface area contributed by atoms with Gasteiger partial charge in [0.1, 0.15) is 0 Å². The zero-order chi connectivity index (χ0) is 19.2. The molecule has 7 heteroatoms. The number of hydrogen-bond donors (Lipinski definition) is 0. The molecule has 0 spiro atoms. The van der Waals surface area contributed by atoms with Crippen LogP contribution in [-0.2, 0) is 16.0 Å². The Morgan fingerprint density at radius 1 is 0.964 bits per heavy atom. The third-order valence-corrected chi connectivity index (χ3v) is 5.48. The summed E-state index contributed by atoms with van der Waals surface area (Å²) in [7, 11) is 0. The van der Waals surface area contributed by atoms with Gasteiger partial charge in [0.15, 0.2) is 0 Å². The number of morpholine rings is 1. The van der Waals surface area contributed by atoms with Gasteiger partial charge >= 0.3 is 0 Å². The molecule has 0 aliphatic carbocycles. The van der Waals surface area contributed by atoms with Crippen LogP contribution < -0.4 is 4.90 Å². The van der Waals surface area contributed by atoms with Gasteiger partial charge in [-0.15, -0.1) is 0 Å². The molecule has 0 bridgehead atoms. The van der Waals surface area contributed by atoms with Crippen molar-refractivity contribution in [1.82, 2.24) is 15.0 Å². The molecule has 2 aliphatic heterocycles. The Morgan fingerprint density at radius 3 is 2.39 bits per heavy atom. The van der Waals surface area contributed by atoms with Gasteiger partial charge in [0, 0.05) is 50.3 Å². The van der Waals surface area contributed by atoms with Crippen LogP contribution in [0.15, 0.2) is 28.8 Å².